The van der Waals surface area contributed by atoms with Crippen molar-refractivity contribution in [2.24, 2.45) is 5.92 Å². The van der Waals surface area contributed by atoms with Crippen LogP contribution in [0.15, 0.2) is 0 Å². The second-order valence-electron chi connectivity index (χ2n) is 2.43. The van der Waals surface area contributed by atoms with Crippen molar-refractivity contribution in [3.63, 3.8) is 0 Å². The van der Waals surface area contributed by atoms with Crippen LogP contribution in [0.1, 0.15) is 13.3 Å². The summed E-state index contributed by atoms with van der Waals surface area (Å²) in [7, 11) is 0. The second-order valence-corrected chi connectivity index (χ2v) is 2.43. The lowest BCUT2D eigenvalue weighted by Gasteiger charge is -2.20. The molecule has 6 heteroatoms. The van der Waals surface area contributed by atoms with E-state index in [4.69, 9.17) is 0 Å². The molecule has 0 spiro atoms. The van der Waals surface area contributed by atoms with E-state index >= 15 is 0 Å². The monoisotopic (exact) mass is 189 g/mol. The summed E-state index contributed by atoms with van der Waals surface area (Å²) in [5, 5.41) is 0. The topological polar surface area (TPSA) is 17.1 Å². The van der Waals surface area contributed by atoms with Crippen molar-refractivity contribution < 1.29 is 26.7 Å². The number of carbonyl (C=O) groups excluding carboxylic acids is 1. The van der Waals surface area contributed by atoms with Gasteiger partial charge in [0.05, 0.1) is 0 Å². The van der Waals surface area contributed by atoms with Crippen LogP contribution in [0.5, 0.6) is 0 Å². The summed E-state index contributed by atoms with van der Waals surface area (Å²) in [6.45, 7) is 0.951. The molecule has 1 nitrogen and oxygen atoms in total. The van der Waals surface area contributed by atoms with E-state index in [1.54, 1.807) is 0 Å². The van der Waals surface area contributed by atoms with Gasteiger partial charge in [-0.05, 0) is 0 Å². The van der Waals surface area contributed by atoms with E-state index in [1.807, 2.05) is 0 Å². The van der Waals surface area contributed by atoms with E-state index in [9.17, 15) is 26.7 Å². The first-order chi connectivity index (χ1) is 5.20. The quantitative estimate of drug-likeness (QED) is 0.622. The molecule has 0 aliphatic rings. The number of alkyl halides is 5. The highest BCUT2D eigenvalue weighted by Crippen LogP contribution is 2.39. The molecular weight excluding hydrogens is 183 g/mol. The Kier molecular flexibility index (Phi) is 3.17. The first-order valence-electron chi connectivity index (χ1n) is 3.03. The van der Waals surface area contributed by atoms with Gasteiger partial charge in [-0.15, -0.1) is 0 Å². The lowest BCUT2D eigenvalue weighted by molar-refractivity contribution is -0.286. The van der Waals surface area contributed by atoms with Gasteiger partial charge in [0.15, 0.2) is 0 Å². The molecule has 1 atom stereocenters. The van der Waals surface area contributed by atoms with Crippen LogP contribution in [0.2, 0.25) is 0 Å². The third kappa shape index (κ3) is 2.75. The predicted octanol–water partition coefficient (Wildman–Crippen LogP) is 2.32. The normalized spacial score (nSPS) is 15.8. The van der Waals surface area contributed by atoms with Crippen LogP contribution in [0.3, 0.4) is 0 Å². The van der Waals surface area contributed by atoms with Crippen molar-refractivity contribution in [2.45, 2.75) is 25.4 Å². The van der Waals surface area contributed by atoms with Gasteiger partial charge in [0.2, 0.25) is 6.29 Å². The van der Waals surface area contributed by atoms with Gasteiger partial charge in [-0.25, -0.2) is 0 Å². The smallest absolute Gasteiger partial charge is 0.291 e. The Morgan fingerprint density at radius 3 is 1.92 bits per heavy atom. The van der Waals surface area contributed by atoms with E-state index in [0.717, 1.165) is 13.2 Å². The Balaban J connectivity index is 4.32. The summed E-state index contributed by atoms with van der Waals surface area (Å²) in [5.41, 5.74) is 0. The fourth-order valence-corrected chi connectivity index (χ4v) is 0.542. The molecule has 0 saturated carbocycles. The van der Waals surface area contributed by atoms with E-state index in [1.165, 1.54) is 0 Å². The molecule has 0 aliphatic heterocycles. The molecule has 0 aromatic carbocycles. The summed E-state index contributed by atoms with van der Waals surface area (Å²) in [4.78, 5) is 9.68. The maximum atomic E-state index is 12.1. The number of halogens is 5. The lowest BCUT2D eigenvalue weighted by Crippen LogP contribution is -2.38. The molecule has 1 unspecified atom stereocenters. The summed E-state index contributed by atoms with van der Waals surface area (Å²) >= 11 is 0. The molecule has 0 rings (SSSR count). The Bertz CT molecular complexity index is 162. The van der Waals surface area contributed by atoms with Crippen molar-refractivity contribution in [2.75, 3.05) is 0 Å². The van der Waals surface area contributed by atoms with Crippen molar-refractivity contribution in [1.29, 1.82) is 0 Å². The molecule has 0 aromatic rings. The third-order valence-corrected chi connectivity index (χ3v) is 1.18. The average Bonchev–Trinajstić information content (AvgIpc) is 1.84. The third-order valence-electron chi connectivity index (χ3n) is 1.18. The minimum atomic E-state index is -5.59. The van der Waals surface area contributed by atoms with E-state index in [-0.39, 0.29) is 0 Å². The molecular formula is C6H6F5O. The fraction of sp³-hybridized carbons (Fsp3) is 0.833. The van der Waals surface area contributed by atoms with Crippen molar-refractivity contribution in [3.05, 3.63) is 0 Å². The molecule has 0 fully saturated rings. The van der Waals surface area contributed by atoms with Gasteiger partial charge < -0.3 is 0 Å². The van der Waals surface area contributed by atoms with Crippen LogP contribution in [0, 0.1) is 5.92 Å². The van der Waals surface area contributed by atoms with Gasteiger partial charge in [-0.3, -0.25) is 4.79 Å². The summed E-state index contributed by atoms with van der Waals surface area (Å²) in [6.07, 6.45) is -6.06. The largest absolute Gasteiger partial charge is 0.453 e. The Morgan fingerprint density at radius 1 is 1.25 bits per heavy atom. The van der Waals surface area contributed by atoms with Gasteiger partial charge >= 0.3 is 12.1 Å². The second kappa shape index (κ2) is 3.37. The number of hydrogen-bond acceptors (Lipinski definition) is 1. The molecule has 0 bridgehead atoms. The fourth-order valence-electron chi connectivity index (χ4n) is 0.542. The zero-order chi connectivity index (χ0) is 9.99. The SMILES string of the molecule is CC([C]=O)CC(F)(F)C(F)(F)F. The molecule has 0 saturated heterocycles. The van der Waals surface area contributed by atoms with Gasteiger partial charge in [-0.2, -0.15) is 22.0 Å². The van der Waals surface area contributed by atoms with Crippen molar-refractivity contribution >= 4 is 6.29 Å². The standard InChI is InChI=1S/C6H6F5O/c1-4(3-12)2-5(7,8)6(9,10)11/h4H,2H2,1H3. The highest BCUT2D eigenvalue weighted by Gasteiger charge is 2.57. The molecule has 12 heavy (non-hydrogen) atoms. The van der Waals surface area contributed by atoms with Crippen LogP contribution >= 0.6 is 0 Å². The molecule has 0 heterocycles. The highest BCUT2D eigenvalue weighted by atomic mass is 19.4. The van der Waals surface area contributed by atoms with Crippen LogP contribution in [-0.2, 0) is 4.79 Å². The highest BCUT2D eigenvalue weighted by molar-refractivity contribution is 5.53. The molecule has 0 amide bonds. The first kappa shape index (κ1) is 11.3. The lowest BCUT2D eigenvalue weighted by atomic mass is 10.0. The van der Waals surface area contributed by atoms with Gasteiger partial charge in [0.1, 0.15) is 0 Å². The Morgan fingerprint density at radius 2 is 1.67 bits per heavy atom. The van der Waals surface area contributed by atoms with E-state index < -0.39 is 24.4 Å². The zero-order valence-electron chi connectivity index (χ0n) is 6.08. The molecule has 0 N–H and O–H groups in total. The minimum Gasteiger partial charge on any atom is -0.291 e. The number of hydrogen-bond donors (Lipinski definition) is 0. The zero-order valence-corrected chi connectivity index (χ0v) is 6.08. The maximum absolute atomic E-state index is 12.1. The summed E-state index contributed by atoms with van der Waals surface area (Å²) in [6, 6.07) is 0. The molecule has 71 valence electrons. The van der Waals surface area contributed by atoms with Crippen molar-refractivity contribution in [1.82, 2.24) is 0 Å². The van der Waals surface area contributed by atoms with Crippen molar-refractivity contribution in [3.8, 4) is 0 Å². The summed E-state index contributed by atoms with van der Waals surface area (Å²) < 4.78 is 58.5. The molecule has 0 aromatic heterocycles. The van der Waals surface area contributed by atoms with E-state index in [0.29, 0.717) is 0 Å². The van der Waals surface area contributed by atoms with Gasteiger partial charge in [0, 0.05) is 12.3 Å². The Hall–Kier alpha value is -0.680. The first-order valence-corrected chi connectivity index (χ1v) is 3.03. The predicted molar refractivity (Wildman–Crippen MR) is 30.5 cm³/mol. The molecule has 1 radical (unpaired) electrons. The van der Waals surface area contributed by atoms with Gasteiger partial charge in [0.25, 0.3) is 0 Å². The molecule has 0 aliphatic carbocycles. The minimum absolute atomic E-state index is 0.951. The maximum Gasteiger partial charge on any atom is 0.453 e. The van der Waals surface area contributed by atoms with Crippen LogP contribution in [-0.4, -0.2) is 18.4 Å². The average molecular weight is 189 g/mol. The Labute approximate surface area is 65.6 Å². The van der Waals surface area contributed by atoms with Crippen LogP contribution in [0.25, 0.3) is 0 Å². The van der Waals surface area contributed by atoms with Crippen LogP contribution < -0.4 is 0 Å². The van der Waals surface area contributed by atoms with E-state index in [2.05, 4.69) is 0 Å². The summed E-state index contributed by atoms with van der Waals surface area (Å²) in [5.74, 6) is -6.22. The number of rotatable bonds is 3. The van der Waals surface area contributed by atoms with Crippen LogP contribution in [0.4, 0.5) is 22.0 Å². The van der Waals surface area contributed by atoms with Gasteiger partial charge in [-0.1, -0.05) is 6.92 Å².